The van der Waals surface area contributed by atoms with Gasteiger partial charge in [0.25, 0.3) is 0 Å². The van der Waals surface area contributed by atoms with Crippen LogP contribution in [0.3, 0.4) is 0 Å². The van der Waals surface area contributed by atoms with Gasteiger partial charge in [-0.3, -0.25) is 9.69 Å². The molecule has 4 aliphatic rings. The summed E-state index contributed by atoms with van der Waals surface area (Å²) in [5.74, 6) is -0.00282. The van der Waals surface area contributed by atoms with Gasteiger partial charge in [-0.2, -0.15) is 4.31 Å². The van der Waals surface area contributed by atoms with E-state index in [4.69, 9.17) is 21.1 Å². The van der Waals surface area contributed by atoms with Crippen LogP contribution >= 0.6 is 11.6 Å². The number of carbonyl (C=O) groups excluding carboxylic acids is 2. The number of benzene rings is 1. The van der Waals surface area contributed by atoms with Crippen molar-refractivity contribution in [3.05, 3.63) is 29.3 Å². The quantitative estimate of drug-likeness (QED) is 0.682. The van der Waals surface area contributed by atoms with E-state index in [1.54, 1.807) is 16.4 Å². The normalized spacial score (nSPS) is 28.2. The Morgan fingerprint density at radius 1 is 1.19 bits per heavy atom. The molecule has 2 atom stereocenters. The van der Waals surface area contributed by atoms with Gasteiger partial charge >= 0.3 is 6.09 Å². The van der Waals surface area contributed by atoms with Gasteiger partial charge in [0.1, 0.15) is 12.1 Å². The fraction of sp³-hybridized carbons (Fsp3) is 0.619. The van der Waals surface area contributed by atoms with Gasteiger partial charge in [-0.1, -0.05) is 11.6 Å². The lowest BCUT2D eigenvalue weighted by molar-refractivity contribution is -0.124. The molecule has 2 heterocycles. The first-order chi connectivity index (χ1) is 15.3. The number of morpholine rings is 1. The topological polar surface area (TPSA) is 105 Å². The van der Waals surface area contributed by atoms with Crippen LogP contribution in [0.25, 0.3) is 0 Å². The molecule has 2 aliphatic carbocycles. The lowest BCUT2D eigenvalue weighted by atomic mass is 10.0. The molecule has 1 aromatic rings. The molecule has 0 bridgehead atoms. The molecule has 0 unspecified atom stereocenters. The summed E-state index contributed by atoms with van der Waals surface area (Å²) in [6, 6.07) is 5.21. The molecular formula is C21H26ClN3O6S. The average Bonchev–Trinajstić information content (AvgIpc) is 3.69. The largest absolute Gasteiger partial charge is 0.441 e. The fourth-order valence-corrected chi connectivity index (χ4v) is 6.65. The second-order valence-electron chi connectivity index (χ2n) is 8.95. The summed E-state index contributed by atoms with van der Waals surface area (Å²) in [7, 11) is -3.87. The first-order valence-corrected chi connectivity index (χ1v) is 12.7. The van der Waals surface area contributed by atoms with Crippen molar-refractivity contribution in [2.75, 3.05) is 32.8 Å². The molecule has 0 aromatic heterocycles. The molecule has 32 heavy (non-hydrogen) atoms. The summed E-state index contributed by atoms with van der Waals surface area (Å²) in [4.78, 5) is 26.0. The molecule has 2 saturated carbocycles. The predicted molar refractivity (Wildman–Crippen MR) is 115 cm³/mol. The van der Waals surface area contributed by atoms with E-state index in [0.29, 0.717) is 37.6 Å². The molecule has 1 aromatic carbocycles. The van der Waals surface area contributed by atoms with E-state index in [9.17, 15) is 18.0 Å². The Kier molecular flexibility index (Phi) is 5.59. The van der Waals surface area contributed by atoms with Crippen LogP contribution in [-0.2, 0) is 24.3 Å². The smallest absolute Gasteiger partial charge is 0.410 e. The van der Waals surface area contributed by atoms with Crippen molar-refractivity contribution in [3.63, 3.8) is 0 Å². The minimum absolute atomic E-state index is 0.0619. The van der Waals surface area contributed by atoms with Crippen LogP contribution < -0.4 is 5.32 Å². The molecule has 4 fully saturated rings. The van der Waals surface area contributed by atoms with Crippen molar-refractivity contribution in [2.24, 2.45) is 5.92 Å². The van der Waals surface area contributed by atoms with Gasteiger partial charge in [0.05, 0.1) is 30.2 Å². The molecule has 0 spiro atoms. The highest BCUT2D eigenvalue weighted by Crippen LogP contribution is 2.50. The summed E-state index contributed by atoms with van der Waals surface area (Å²) < 4.78 is 40.9. The van der Waals surface area contributed by atoms with Crippen molar-refractivity contribution in [2.45, 2.75) is 48.3 Å². The number of rotatable bonds is 5. The van der Waals surface area contributed by atoms with E-state index in [-0.39, 0.29) is 35.9 Å². The summed E-state index contributed by atoms with van der Waals surface area (Å²) in [5.41, 5.74) is -0.946. The number of sulfonamides is 1. The van der Waals surface area contributed by atoms with Gasteiger partial charge in [-0.25, -0.2) is 13.2 Å². The van der Waals surface area contributed by atoms with Crippen molar-refractivity contribution in [3.8, 4) is 0 Å². The average molecular weight is 484 g/mol. The molecule has 1 N–H and O–H groups in total. The Bertz CT molecular complexity index is 1010. The zero-order chi connectivity index (χ0) is 22.5. The van der Waals surface area contributed by atoms with Crippen LogP contribution in [0.5, 0.6) is 0 Å². The monoisotopic (exact) mass is 483 g/mol. The number of hydrogen-bond donors (Lipinski definition) is 1. The lowest BCUT2D eigenvalue weighted by Crippen LogP contribution is -2.62. The maximum absolute atomic E-state index is 13.8. The number of nitrogens with zero attached hydrogens (tertiary/aromatic N) is 2. The van der Waals surface area contributed by atoms with E-state index in [0.717, 1.165) is 12.8 Å². The minimum Gasteiger partial charge on any atom is -0.441 e. The van der Waals surface area contributed by atoms with Crippen molar-refractivity contribution in [1.82, 2.24) is 14.5 Å². The molecular weight excluding hydrogens is 458 g/mol. The number of carbonyl (C=O) groups is 2. The number of ether oxygens (including phenoxy) is 2. The van der Waals surface area contributed by atoms with Crippen molar-refractivity contribution < 1.29 is 27.5 Å². The van der Waals surface area contributed by atoms with Gasteiger partial charge in [-0.05, 0) is 55.9 Å². The summed E-state index contributed by atoms with van der Waals surface area (Å²) in [6.45, 7) is 1.15. The molecule has 2 saturated heterocycles. The van der Waals surface area contributed by atoms with Crippen molar-refractivity contribution >= 4 is 33.6 Å². The van der Waals surface area contributed by atoms with Crippen LogP contribution in [0.1, 0.15) is 25.7 Å². The van der Waals surface area contributed by atoms with Gasteiger partial charge in [0.15, 0.2) is 0 Å². The van der Waals surface area contributed by atoms with Gasteiger partial charge in [0.2, 0.25) is 15.9 Å². The number of piperazine rings is 1. The highest BCUT2D eigenvalue weighted by molar-refractivity contribution is 7.89. The highest BCUT2D eigenvalue weighted by Gasteiger charge is 2.61. The summed E-state index contributed by atoms with van der Waals surface area (Å²) in [5, 5.41) is 3.14. The lowest BCUT2D eigenvalue weighted by Gasteiger charge is -2.44. The number of nitrogens with one attached hydrogen (secondary N) is 1. The molecule has 9 nitrogen and oxygen atoms in total. The number of amides is 2. The van der Waals surface area contributed by atoms with E-state index in [1.807, 2.05) is 0 Å². The first-order valence-electron chi connectivity index (χ1n) is 10.9. The second-order valence-corrected chi connectivity index (χ2v) is 11.2. The van der Waals surface area contributed by atoms with Crippen LogP contribution in [0, 0.1) is 5.92 Å². The molecule has 2 amide bonds. The highest BCUT2D eigenvalue weighted by atomic mass is 35.5. The third-order valence-corrected chi connectivity index (χ3v) is 8.89. The first kappa shape index (κ1) is 21.9. The Hall–Kier alpha value is -1.88. The van der Waals surface area contributed by atoms with Crippen LogP contribution in [-0.4, -0.2) is 80.2 Å². The Balaban J connectivity index is 1.44. The van der Waals surface area contributed by atoms with E-state index >= 15 is 0 Å². The molecule has 0 radical (unpaired) electrons. The summed E-state index contributed by atoms with van der Waals surface area (Å²) >= 11 is 5.97. The Morgan fingerprint density at radius 2 is 1.91 bits per heavy atom. The SMILES string of the molecule is O=C1CN(C(=O)OC2([C@H]3COC[C@@H](C4CC4)N3S(=O)(=O)c3ccc(Cl)cc3)CC2)CCN1. The van der Waals surface area contributed by atoms with Crippen LogP contribution in [0.4, 0.5) is 4.79 Å². The number of halogens is 1. The molecule has 5 rings (SSSR count). The molecule has 2 aliphatic heterocycles. The maximum Gasteiger partial charge on any atom is 0.410 e. The molecule has 174 valence electrons. The van der Waals surface area contributed by atoms with Crippen LogP contribution in [0.2, 0.25) is 5.02 Å². The van der Waals surface area contributed by atoms with Gasteiger partial charge in [-0.15, -0.1) is 0 Å². The third-order valence-electron chi connectivity index (χ3n) is 6.69. The van der Waals surface area contributed by atoms with E-state index < -0.39 is 27.8 Å². The minimum atomic E-state index is -3.87. The second kappa shape index (κ2) is 8.16. The van der Waals surface area contributed by atoms with E-state index in [1.165, 1.54) is 17.0 Å². The third kappa shape index (κ3) is 4.09. The zero-order valence-corrected chi connectivity index (χ0v) is 19.1. The Labute approximate surface area is 192 Å². The zero-order valence-electron chi connectivity index (χ0n) is 17.5. The Morgan fingerprint density at radius 3 is 2.53 bits per heavy atom. The molecule has 11 heteroatoms. The van der Waals surface area contributed by atoms with Gasteiger partial charge < -0.3 is 14.8 Å². The predicted octanol–water partition coefficient (Wildman–Crippen LogP) is 1.61. The van der Waals surface area contributed by atoms with Crippen molar-refractivity contribution in [1.29, 1.82) is 0 Å². The standard InChI is InChI=1S/C21H26ClN3O6S/c22-15-3-5-16(6-4-15)32(28,29)25-17(14-1-2-14)12-30-13-18(25)21(7-8-21)31-20(27)24-10-9-23-19(26)11-24/h3-6,14,17-18H,1-2,7-13H2,(H,23,26)/t17-,18+/m0/s1. The van der Waals surface area contributed by atoms with Gasteiger partial charge in [0, 0.05) is 18.1 Å². The van der Waals surface area contributed by atoms with E-state index in [2.05, 4.69) is 5.32 Å². The fourth-order valence-electron chi connectivity index (χ4n) is 4.62. The maximum atomic E-state index is 13.8. The summed E-state index contributed by atoms with van der Waals surface area (Å²) in [6.07, 6.45) is 2.41. The van der Waals surface area contributed by atoms with Crippen LogP contribution in [0.15, 0.2) is 29.2 Å². The number of hydrogen-bond acceptors (Lipinski definition) is 6.